The van der Waals surface area contributed by atoms with Crippen molar-refractivity contribution in [1.82, 2.24) is 4.90 Å². The van der Waals surface area contributed by atoms with Crippen LogP contribution in [0.3, 0.4) is 0 Å². The number of hydrogen-bond donors (Lipinski definition) is 0. The second-order valence-corrected chi connectivity index (χ2v) is 6.21. The molecule has 114 valence electrons. The van der Waals surface area contributed by atoms with Crippen LogP contribution in [0.4, 0.5) is 5.69 Å². The van der Waals surface area contributed by atoms with Crippen molar-refractivity contribution in [3.05, 3.63) is 29.8 Å². The molecule has 0 radical (unpaired) electrons. The summed E-state index contributed by atoms with van der Waals surface area (Å²) >= 11 is 0. The van der Waals surface area contributed by atoms with E-state index in [0.29, 0.717) is 5.91 Å². The average Bonchev–Trinajstić information content (AvgIpc) is 2.64. The Morgan fingerprint density at radius 3 is 2.71 bits per heavy atom. The van der Waals surface area contributed by atoms with Gasteiger partial charge in [0.15, 0.2) is 0 Å². The maximum Gasteiger partial charge on any atom is 0.226 e. The van der Waals surface area contributed by atoms with Gasteiger partial charge in [0.05, 0.1) is 0 Å². The zero-order chi connectivity index (χ0) is 14.8. The molecule has 0 aliphatic carbocycles. The highest BCUT2D eigenvalue weighted by molar-refractivity contribution is 5.80. The van der Waals surface area contributed by atoms with Crippen molar-refractivity contribution in [3.8, 4) is 0 Å². The second kappa shape index (κ2) is 6.06. The Hall–Kier alpha value is -1.55. The topological polar surface area (TPSA) is 32.8 Å². The van der Waals surface area contributed by atoms with E-state index in [9.17, 15) is 4.79 Å². The Morgan fingerprint density at radius 2 is 1.95 bits per heavy atom. The Labute approximate surface area is 126 Å². The number of likely N-dealkylation sites (N-methyl/N-ethyl adjacent to an activating group) is 1. The lowest BCUT2D eigenvalue weighted by molar-refractivity contribution is -0.141. The quantitative estimate of drug-likeness (QED) is 0.795. The molecule has 1 unspecified atom stereocenters. The fourth-order valence-electron chi connectivity index (χ4n) is 3.42. The lowest BCUT2D eigenvalue weighted by Gasteiger charge is -2.33. The molecule has 2 aliphatic heterocycles. The molecule has 0 spiro atoms. The first-order valence-electron chi connectivity index (χ1n) is 7.84. The van der Waals surface area contributed by atoms with E-state index >= 15 is 0 Å². The van der Waals surface area contributed by atoms with Crippen molar-refractivity contribution in [3.63, 3.8) is 0 Å². The van der Waals surface area contributed by atoms with Gasteiger partial charge in [0.2, 0.25) is 5.91 Å². The monoisotopic (exact) mass is 288 g/mol. The maximum atomic E-state index is 12.9. The number of fused-ring (bicyclic) bond motifs is 1. The third kappa shape index (κ3) is 2.91. The molecule has 2 aliphatic rings. The van der Waals surface area contributed by atoms with Crippen molar-refractivity contribution >= 4 is 11.6 Å². The first kappa shape index (κ1) is 14.4. The molecule has 1 fully saturated rings. The minimum Gasteiger partial charge on any atom is -0.381 e. The fourth-order valence-corrected chi connectivity index (χ4v) is 3.42. The van der Waals surface area contributed by atoms with E-state index < -0.39 is 0 Å². The number of nitrogens with zero attached hydrogens (tertiary/aromatic N) is 2. The van der Waals surface area contributed by atoms with Gasteiger partial charge in [-0.3, -0.25) is 4.79 Å². The van der Waals surface area contributed by atoms with E-state index in [1.165, 1.54) is 11.3 Å². The number of rotatable bonds is 1. The van der Waals surface area contributed by atoms with E-state index in [1.807, 2.05) is 0 Å². The molecule has 1 aromatic rings. The Kier molecular flexibility index (Phi) is 4.15. The molecule has 1 atom stereocenters. The number of ether oxygens (including phenoxy) is 1. The number of hydrogen-bond acceptors (Lipinski definition) is 3. The highest BCUT2D eigenvalue weighted by atomic mass is 16.5. The van der Waals surface area contributed by atoms with Gasteiger partial charge in [-0.05, 0) is 31.4 Å². The summed E-state index contributed by atoms with van der Waals surface area (Å²) in [5.74, 6) is 0.438. The predicted molar refractivity (Wildman–Crippen MR) is 83.3 cm³/mol. The first-order valence-corrected chi connectivity index (χ1v) is 7.84. The van der Waals surface area contributed by atoms with Gasteiger partial charge < -0.3 is 14.5 Å². The Balaban J connectivity index is 1.83. The van der Waals surface area contributed by atoms with Crippen molar-refractivity contribution < 1.29 is 9.53 Å². The van der Waals surface area contributed by atoms with E-state index in [0.717, 1.165) is 39.1 Å². The maximum absolute atomic E-state index is 12.9. The normalized spacial score (nSPS) is 23.6. The number of para-hydroxylation sites is 1. The average molecular weight is 288 g/mol. The van der Waals surface area contributed by atoms with Gasteiger partial charge in [-0.25, -0.2) is 0 Å². The number of carbonyl (C=O) groups excluding carboxylic acids is 1. The van der Waals surface area contributed by atoms with Crippen LogP contribution in [0.2, 0.25) is 0 Å². The Bertz CT molecular complexity index is 511. The molecule has 1 saturated heterocycles. The minimum absolute atomic E-state index is 0.136. The summed E-state index contributed by atoms with van der Waals surface area (Å²) in [6.07, 6.45) is 1.72. The third-order valence-corrected chi connectivity index (χ3v) is 4.67. The summed E-state index contributed by atoms with van der Waals surface area (Å²) in [5, 5.41) is 0. The van der Waals surface area contributed by atoms with Crippen LogP contribution < -0.4 is 4.90 Å². The molecular weight excluding hydrogens is 264 g/mol. The second-order valence-electron chi connectivity index (χ2n) is 6.21. The van der Waals surface area contributed by atoms with E-state index in [1.54, 1.807) is 0 Å². The summed E-state index contributed by atoms with van der Waals surface area (Å²) < 4.78 is 5.38. The zero-order valence-electron chi connectivity index (χ0n) is 12.9. The van der Waals surface area contributed by atoms with E-state index in [-0.39, 0.29) is 12.0 Å². The molecule has 3 rings (SSSR count). The SMILES string of the molecule is CC1CN(C)c2ccccc2CN1C(=O)C1CCOCC1. The summed E-state index contributed by atoms with van der Waals surface area (Å²) in [6.45, 7) is 5.19. The van der Waals surface area contributed by atoms with Crippen LogP contribution in [-0.2, 0) is 16.1 Å². The highest BCUT2D eigenvalue weighted by Gasteiger charge is 2.32. The molecule has 0 saturated carbocycles. The number of benzene rings is 1. The smallest absolute Gasteiger partial charge is 0.226 e. The first-order chi connectivity index (χ1) is 10.2. The summed E-state index contributed by atoms with van der Waals surface area (Å²) in [5.41, 5.74) is 2.48. The number of amides is 1. The van der Waals surface area contributed by atoms with Crippen molar-refractivity contribution in [2.24, 2.45) is 5.92 Å². The molecule has 0 aromatic heterocycles. The Morgan fingerprint density at radius 1 is 1.24 bits per heavy atom. The third-order valence-electron chi connectivity index (χ3n) is 4.67. The van der Waals surface area contributed by atoms with Gasteiger partial charge in [-0.2, -0.15) is 0 Å². The van der Waals surface area contributed by atoms with Crippen LogP contribution in [-0.4, -0.2) is 43.7 Å². The van der Waals surface area contributed by atoms with Crippen LogP contribution in [0.25, 0.3) is 0 Å². The van der Waals surface area contributed by atoms with E-state index in [4.69, 9.17) is 4.74 Å². The van der Waals surface area contributed by atoms with E-state index in [2.05, 4.69) is 48.0 Å². The van der Waals surface area contributed by atoms with Crippen LogP contribution in [0.15, 0.2) is 24.3 Å². The van der Waals surface area contributed by atoms with Crippen LogP contribution in [0, 0.1) is 5.92 Å². The van der Waals surface area contributed by atoms with Gasteiger partial charge in [0, 0.05) is 51.0 Å². The minimum atomic E-state index is 0.136. The molecule has 2 heterocycles. The molecule has 1 amide bonds. The fraction of sp³-hybridized carbons (Fsp3) is 0.588. The molecule has 0 N–H and O–H groups in total. The number of anilines is 1. The molecule has 21 heavy (non-hydrogen) atoms. The molecule has 1 aromatic carbocycles. The van der Waals surface area contributed by atoms with Gasteiger partial charge >= 0.3 is 0 Å². The summed E-state index contributed by atoms with van der Waals surface area (Å²) in [7, 11) is 2.11. The highest BCUT2D eigenvalue weighted by Crippen LogP contribution is 2.28. The summed E-state index contributed by atoms with van der Waals surface area (Å²) in [4.78, 5) is 17.2. The molecule has 0 bridgehead atoms. The van der Waals surface area contributed by atoms with Crippen molar-refractivity contribution in [2.45, 2.75) is 32.4 Å². The van der Waals surface area contributed by atoms with Crippen molar-refractivity contribution in [2.75, 3.05) is 31.7 Å². The van der Waals surface area contributed by atoms with Gasteiger partial charge in [0.1, 0.15) is 0 Å². The predicted octanol–water partition coefficient (Wildman–Crippen LogP) is 2.28. The van der Waals surface area contributed by atoms with Crippen LogP contribution >= 0.6 is 0 Å². The standard InChI is InChI=1S/C17H24N2O2/c1-13-11-18(2)16-6-4-3-5-15(16)12-19(13)17(20)14-7-9-21-10-8-14/h3-6,13-14H,7-12H2,1-2H3. The van der Waals surface area contributed by atoms with Gasteiger partial charge in [0.25, 0.3) is 0 Å². The van der Waals surface area contributed by atoms with Gasteiger partial charge in [-0.1, -0.05) is 18.2 Å². The van der Waals surface area contributed by atoms with Crippen LogP contribution in [0.1, 0.15) is 25.3 Å². The number of carbonyl (C=O) groups is 1. The zero-order valence-corrected chi connectivity index (χ0v) is 12.9. The molecular formula is C17H24N2O2. The van der Waals surface area contributed by atoms with Gasteiger partial charge in [-0.15, -0.1) is 0 Å². The largest absolute Gasteiger partial charge is 0.381 e. The van der Waals surface area contributed by atoms with Crippen molar-refractivity contribution in [1.29, 1.82) is 0 Å². The lowest BCUT2D eigenvalue weighted by atomic mass is 9.97. The lowest BCUT2D eigenvalue weighted by Crippen LogP contribution is -2.45. The summed E-state index contributed by atoms with van der Waals surface area (Å²) in [6, 6.07) is 8.63. The van der Waals surface area contributed by atoms with Crippen LogP contribution in [0.5, 0.6) is 0 Å². The molecule has 4 heteroatoms. The molecule has 4 nitrogen and oxygen atoms in total.